The SMILES string of the molecule is COc1ccc(OC)c([C@@H](O)C(F)(F)F)c1. The van der Waals surface area contributed by atoms with E-state index in [-0.39, 0.29) is 17.1 Å². The van der Waals surface area contributed by atoms with Gasteiger partial charge in [0.2, 0.25) is 0 Å². The van der Waals surface area contributed by atoms with E-state index in [1.54, 1.807) is 0 Å². The molecule has 0 amide bonds. The summed E-state index contributed by atoms with van der Waals surface area (Å²) in [5.74, 6) is 0.185. The minimum Gasteiger partial charge on any atom is -0.497 e. The van der Waals surface area contributed by atoms with Gasteiger partial charge in [-0.05, 0) is 18.2 Å². The van der Waals surface area contributed by atoms with Gasteiger partial charge >= 0.3 is 6.18 Å². The molecule has 0 aliphatic heterocycles. The molecule has 1 N–H and O–H groups in total. The Morgan fingerprint density at radius 1 is 1.19 bits per heavy atom. The van der Waals surface area contributed by atoms with Gasteiger partial charge < -0.3 is 14.6 Å². The van der Waals surface area contributed by atoms with Crippen LogP contribution >= 0.6 is 0 Å². The van der Waals surface area contributed by atoms with Crippen molar-refractivity contribution in [2.45, 2.75) is 12.3 Å². The van der Waals surface area contributed by atoms with Crippen LogP contribution in [0.4, 0.5) is 13.2 Å². The second-order valence-corrected chi connectivity index (χ2v) is 3.05. The van der Waals surface area contributed by atoms with Crippen LogP contribution < -0.4 is 9.47 Å². The standard InChI is InChI=1S/C10H11F3O3/c1-15-6-3-4-8(16-2)7(5-6)9(14)10(11,12)13/h3-5,9,14H,1-2H3/t9-/m1/s1. The maximum absolute atomic E-state index is 12.3. The minimum atomic E-state index is -4.74. The first-order valence-corrected chi connectivity index (χ1v) is 4.37. The largest absolute Gasteiger partial charge is 0.497 e. The summed E-state index contributed by atoms with van der Waals surface area (Å²) < 4.78 is 46.6. The number of hydrogen-bond donors (Lipinski definition) is 1. The van der Waals surface area contributed by atoms with Crippen molar-refractivity contribution in [1.29, 1.82) is 0 Å². The lowest BCUT2D eigenvalue weighted by molar-refractivity contribution is -0.207. The third-order valence-electron chi connectivity index (χ3n) is 2.04. The summed E-state index contributed by atoms with van der Waals surface area (Å²) in [6.07, 6.45) is -7.32. The van der Waals surface area contributed by atoms with Crippen LogP contribution in [0, 0.1) is 0 Å². The van der Waals surface area contributed by atoms with E-state index < -0.39 is 12.3 Å². The number of ether oxygens (including phenoxy) is 2. The van der Waals surface area contributed by atoms with Crippen molar-refractivity contribution in [2.75, 3.05) is 14.2 Å². The summed E-state index contributed by atoms with van der Waals surface area (Å²) in [6.45, 7) is 0. The molecule has 0 aliphatic rings. The van der Waals surface area contributed by atoms with Gasteiger partial charge in [-0.1, -0.05) is 0 Å². The van der Waals surface area contributed by atoms with Crippen LogP contribution in [0.2, 0.25) is 0 Å². The number of hydrogen-bond acceptors (Lipinski definition) is 3. The molecule has 0 aromatic heterocycles. The number of alkyl halides is 3. The zero-order chi connectivity index (χ0) is 12.3. The summed E-state index contributed by atoms with van der Waals surface area (Å²) in [5, 5.41) is 9.13. The maximum atomic E-state index is 12.3. The molecule has 0 heterocycles. The first-order valence-electron chi connectivity index (χ1n) is 4.37. The lowest BCUT2D eigenvalue weighted by Crippen LogP contribution is -2.20. The van der Waals surface area contributed by atoms with Crippen LogP contribution in [0.15, 0.2) is 18.2 Å². The number of halogens is 3. The van der Waals surface area contributed by atoms with Crippen molar-refractivity contribution >= 4 is 0 Å². The average molecular weight is 236 g/mol. The molecule has 0 saturated heterocycles. The van der Waals surface area contributed by atoms with Gasteiger partial charge in [0.25, 0.3) is 0 Å². The molecule has 0 fully saturated rings. The Labute approximate surface area is 90.4 Å². The molecular formula is C10H11F3O3. The molecular weight excluding hydrogens is 225 g/mol. The Bertz CT molecular complexity index is 363. The lowest BCUT2D eigenvalue weighted by atomic mass is 10.1. The smallest absolute Gasteiger partial charge is 0.418 e. The topological polar surface area (TPSA) is 38.7 Å². The van der Waals surface area contributed by atoms with E-state index in [0.717, 1.165) is 6.07 Å². The van der Waals surface area contributed by atoms with Gasteiger partial charge in [0, 0.05) is 5.56 Å². The van der Waals surface area contributed by atoms with Crippen molar-refractivity contribution in [3.8, 4) is 11.5 Å². The first-order chi connectivity index (χ1) is 7.40. The van der Waals surface area contributed by atoms with Crippen LogP contribution in [0.25, 0.3) is 0 Å². The summed E-state index contributed by atoms with van der Waals surface area (Å²) in [4.78, 5) is 0. The van der Waals surface area contributed by atoms with Gasteiger partial charge in [-0.2, -0.15) is 13.2 Å². The Morgan fingerprint density at radius 2 is 1.81 bits per heavy atom. The Balaban J connectivity index is 3.18. The molecule has 0 aliphatic carbocycles. The number of benzene rings is 1. The summed E-state index contributed by atoms with van der Waals surface area (Å²) in [6, 6.07) is 3.85. The number of methoxy groups -OCH3 is 2. The molecule has 3 nitrogen and oxygen atoms in total. The van der Waals surface area contributed by atoms with Crippen LogP contribution in [-0.2, 0) is 0 Å². The third kappa shape index (κ3) is 2.57. The van der Waals surface area contributed by atoms with E-state index in [1.807, 2.05) is 0 Å². The van der Waals surface area contributed by atoms with Crippen molar-refractivity contribution in [3.63, 3.8) is 0 Å². The van der Waals surface area contributed by atoms with Gasteiger partial charge in [0.15, 0.2) is 6.10 Å². The fourth-order valence-corrected chi connectivity index (χ4v) is 1.23. The van der Waals surface area contributed by atoms with E-state index >= 15 is 0 Å². The molecule has 90 valence electrons. The van der Waals surface area contributed by atoms with Crippen LogP contribution in [-0.4, -0.2) is 25.5 Å². The van der Waals surface area contributed by atoms with Gasteiger partial charge in [0.05, 0.1) is 14.2 Å². The van der Waals surface area contributed by atoms with Gasteiger partial charge in [-0.15, -0.1) is 0 Å². The molecule has 6 heteroatoms. The molecule has 16 heavy (non-hydrogen) atoms. The molecule has 0 radical (unpaired) electrons. The Hall–Kier alpha value is -1.43. The highest BCUT2D eigenvalue weighted by molar-refractivity contribution is 5.42. The van der Waals surface area contributed by atoms with Gasteiger partial charge in [-0.25, -0.2) is 0 Å². The first kappa shape index (κ1) is 12.6. The van der Waals surface area contributed by atoms with Crippen molar-refractivity contribution in [1.82, 2.24) is 0 Å². The molecule has 1 aromatic rings. The number of rotatable bonds is 3. The average Bonchev–Trinajstić information content (AvgIpc) is 2.25. The van der Waals surface area contributed by atoms with Crippen LogP contribution in [0.1, 0.15) is 11.7 Å². The fourth-order valence-electron chi connectivity index (χ4n) is 1.23. The third-order valence-corrected chi connectivity index (χ3v) is 2.04. The Kier molecular flexibility index (Phi) is 3.64. The zero-order valence-electron chi connectivity index (χ0n) is 8.71. The molecule has 1 atom stereocenters. The molecule has 0 saturated carbocycles. The van der Waals surface area contributed by atoms with Crippen molar-refractivity contribution in [2.24, 2.45) is 0 Å². The predicted octanol–water partition coefficient (Wildman–Crippen LogP) is 2.30. The van der Waals surface area contributed by atoms with E-state index in [2.05, 4.69) is 0 Å². The van der Waals surface area contributed by atoms with Gasteiger partial charge in [-0.3, -0.25) is 0 Å². The van der Waals surface area contributed by atoms with E-state index in [4.69, 9.17) is 14.6 Å². The summed E-state index contributed by atoms with van der Waals surface area (Å²) in [5.41, 5.74) is -0.366. The van der Waals surface area contributed by atoms with E-state index in [9.17, 15) is 13.2 Å². The Morgan fingerprint density at radius 3 is 2.25 bits per heavy atom. The number of aliphatic hydroxyl groups excluding tert-OH is 1. The van der Waals surface area contributed by atoms with E-state index in [1.165, 1.54) is 26.4 Å². The van der Waals surface area contributed by atoms with Crippen LogP contribution in [0.3, 0.4) is 0 Å². The lowest BCUT2D eigenvalue weighted by Gasteiger charge is -2.18. The second kappa shape index (κ2) is 4.61. The van der Waals surface area contributed by atoms with Crippen molar-refractivity contribution < 1.29 is 27.8 Å². The molecule has 1 rings (SSSR count). The summed E-state index contributed by atoms with van der Waals surface area (Å²) >= 11 is 0. The van der Waals surface area contributed by atoms with Crippen LogP contribution in [0.5, 0.6) is 11.5 Å². The van der Waals surface area contributed by atoms with Gasteiger partial charge in [0.1, 0.15) is 11.5 Å². The van der Waals surface area contributed by atoms with Crippen molar-refractivity contribution in [3.05, 3.63) is 23.8 Å². The monoisotopic (exact) mass is 236 g/mol. The quantitative estimate of drug-likeness (QED) is 0.875. The highest BCUT2D eigenvalue weighted by Gasteiger charge is 2.41. The molecule has 1 aromatic carbocycles. The van der Waals surface area contributed by atoms with E-state index in [0.29, 0.717) is 0 Å². The molecule has 0 bridgehead atoms. The maximum Gasteiger partial charge on any atom is 0.418 e. The zero-order valence-corrected chi connectivity index (χ0v) is 8.71. The molecule has 0 spiro atoms. The number of aliphatic hydroxyl groups is 1. The minimum absolute atomic E-state index is 0.0365. The highest BCUT2D eigenvalue weighted by Crippen LogP contribution is 2.38. The summed E-state index contributed by atoms with van der Waals surface area (Å²) in [7, 11) is 2.56. The molecule has 0 unspecified atom stereocenters. The predicted molar refractivity (Wildman–Crippen MR) is 50.6 cm³/mol. The normalized spacial score (nSPS) is 13.4. The highest BCUT2D eigenvalue weighted by atomic mass is 19.4. The second-order valence-electron chi connectivity index (χ2n) is 3.05. The fraction of sp³-hybridized carbons (Fsp3) is 0.400.